The topological polar surface area (TPSA) is 61.5 Å². The number of aromatic nitrogens is 3. The summed E-state index contributed by atoms with van der Waals surface area (Å²) in [6.45, 7) is 1.96. The number of H-pyrrole nitrogens is 2. The summed E-state index contributed by atoms with van der Waals surface area (Å²) in [4.78, 5) is 21.1. The smallest absolute Gasteiger partial charge is 0.306 e. The van der Waals surface area contributed by atoms with E-state index in [1.165, 1.54) is 0 Å². The molecule has 0 saturated carbocycles. The van der Waals surface area contributed by atoms with Crippen molar-refractivity contribution in [1.82, 2.24) is 15.0 Å². The zero-order chi connectivity index (χ0) is 11.8. The van der Waals surface area contributed by atoms with Gasteiger partial charge in [0.05, 0.1) is 16.7 Å². The third-order valence-corrected chi connectivity index (χ3v) is 2.70. The summed E-state index contributed by atoms with van der Waals surface area (Å²) in [6, 6.07) is 11.6. The first kappa shape index (κ1) is 9.84. The van der Waals surface area contributed by atoms with Crippen LogP contribution in [0.15, 0.2) is 41.2 Å². The van der Waals surface area contributed by atoms with E-state index >= 15 is 0 Å². The van der Waals surface area contributed by atoms with Crippen LogP contribution in [0, 0.1) is 6.92 Å². The molecule has 0 fully saturated rings. The van der Waals surface area contributed by atoms with E-state index in [-0.39, 0.29) is 5.69 Å². The summed E-state index contributed by atoms with van der Waals surface area (Å²) in [5, 5.41) is 0. The molecule has 0 radical (unpaired) electrons. The molecule has 0 bridgehead atoms. The zero-order valence-corrected chi connectivity index (χ0v) is 9.32. The van der Waals surface area contributed by atoms with Crippen LogP contribution in [0.1, 0.15) is 5.69 Å². The second kappa shape index (κ2) is 3.59. The van der Waals surface area contributed by atoms with Gasteiger partial charge in [0, 0.05) is 11.3 Å². The minimum absolute atomic E-state index is 0.186. The minimum Gasteiger partial charge on any atom is -0.306 e. The predicted molar refractivity (Wildman–Crippen MR) is 66.9 cm³/mol. The molecule has 3 aromatic rings. The fraction of sp³-hybridized carbons (Fsp3) is 0.0769. The highest BCUT2D eigenvalue weighted by atomic mass is 16.1. The summed E-state index contributed by atoms with van der Waals surface area (Å²) in [5.74, 6) is 0. The van der Waals surface area contributed by atoms with Crippen LogP contribution in [0.5, 0.6) is 0 Å². The van der Waals surface area contributed by atoms with Gasteiger partial charge in [-0.3, -0.25) is 4.98 Å². The van der Waals surface area contributed by atoms with Gasteiger partial charge in [0.25, 0.3) is 0 Å². The first-order chi connectivity index (χ1) is 8.22. The van der Waals surface area contributed by atoms with Crippen molar-refractivity contribution in [3.63, 3.8) is 0 Å². The number of imidazole rings is 1. The Balaban J connectivity index is 2.20. The Hall–Kier alpha value is -2.36. The average Bonchev–Trinajstić information content (AvgIpc) is 2.68. The maximum atomic E-state index is 11.2. The molecule has 17 heavy (non-hydrogen) atoms. The quantitative estimate of drug-likeness (QED) is 0.667. The second-order valence-corrected chi connectivity index (χ2v) is 4.00. The lowest BCUT2D eigenvalue weighted by Gasteiger charge is -2.01. The van der Waals surface area contributed by atoms with Crippen LogP contribution in [0.25, 0.3) is 22.3 Å². The summed E-state index contributed by atoms with van der Waals surface area (Å²) in [7, 11) is 0. The average molecular weight is 225 g/mol. The molecule has 84 valence electrons. The highest BCUT2D eigenvalue weighted by Gasteiger charge is 2.03. The molecule has 0 spiro atoms. The molecule has 0 aliphatic rings. The SMILES string of the molecule is Cc1cccc(-c2ccc3[nH]c(=O)[nH]c3c2)n1. The van der Waals surface area contributed by atoms with Crippen molar-refractivity contribution in [3.05, 3.63) is 52.6 Å². The molecule has 4 heteroatoms. The Morgan fingerprint density at radius 3 is 2.71 bits per heavy atom. The molecule has 0 aliphatic heterocycles. The van der Waals surface area contributed by atoms with Crippen LogP contribution < -0.4 is 5.69 Å². The molecule has 0 amide bonds. The summed E-state index contributed by atoms with van der Waals surface area (Å²) in [6.07, 6.45) is 0. The summed E-state index contributed by atoms with van der Waals surface area (Å²) >= 11 is 0. The molecule has 4 nitrogen and oxygen atoms in total. The van der Waals surface area contributed by atoms with Crippen LogP contribution >= 0.6 is 0 Å². The lowest BCUT2D eigenvalue weighted by molar-refractivity contribution is 1.20. The first-order valence-corrected chi connectivity index (χ1v) is 5.38. The van der Waals surface area contributed by atoms with E-state index in [2.05, 4.69) is 15.0 Å². The second-order valence-electron chi connectivity index (χ2n) is 4.00. The van der Waals surface area contributed by atoms with Crippen molar-refractivity contribution < 1.29 is 0 Å². The van der Waals surface area contributed by atoms with Crippen LogP contribution in [0.4, 0.5) is 0 Å². The fourth-order valence-corrected chi connectivity index (χ4v) is 1.90. The van der Waals surface area contributed by atoms with Gasteiger partial charge in [-0.25, -0.2) is 4.79 Å². The molecule has 2 heterocycles. The standard InChI is InChI=1S/C13H11N3O/c1-8-3-2-4-10(14-8)9-5-6-11-12(7-9)16-13(17)15-11/h2-7H,1H3,(H2,15,16,17). The number of rotatable bonds is 1. The van der Waals surface area contributed by atoms with Crippen molar-refractivity contribution in [2.45, 2.75) is 6.92 Å². The number of pyridine rings is 1. The number of hydrogen-bond donors (Lipinski definition) is 2. The lowest BCUT2D eigenvalue weighted by atomic mass is 10.1. The maximum absolute atomic E-state index is 11.2. The Kier molecular flexibility index (Phi) is 2.08. The van der Waals surface area contributed by atoms with E-state index in [9.17, 15) is 4.79 Å². The number of nitrogens with zero attached hydrogens (tertiary/aromatic N) is 1. The van der Waals surface area contributed by atoms with Crippen molar-refractivity contribution in [2.24, 2.45) is 0 Å². The normalized spacial score (nSPS) is 10.9. The van der Waals surface area contributed by atoms with Crippen LogP contribution in [-0.4, -0.2) is 15.0 Å². The molecule has 0 unspecified atom stereocenters. The molecule has 2 N–H and O–H groups in total. The number of fused-ring (bicyclic) bond motifs is 1. The van der Waals surface area contributed by atoms with Crippen molar-refractivity contribution in [2.75, 3.05) is 0 Å². The van der Waals surface area contributed by atoms with E-state index in [4.69, 9.17) is 0 Å². The van der Waals surface area contributed by atoms with Crippen molar-refractivity contribution in [3.8, 4) is 11.3 Å². The highest BCUT2D eigenvalue weighted by Crippen LogP contribution is 2.20. The summed E-state index contributed by atoms with van der Waals surface area (Å²) < 4.78 is 0. The molecule has 0 saturated heterocycles. The molecule has 3 rings (SSSR count). The third-order valence-electron chi connectivity index (χ3n) is 2.70. The van der Waals surface area contributed by atoms with E-state index in [1.54, 1.807) is 0 Å². The number of aryl methyl sites for hydroxylation is 1. The predicted octanol–water partition coefficient (Wildman–Crippen LogP) is 2.23. The van der Waals surface area contributed by atoms with Crippen molar-refractivity contribution >= 4 is 11.0 Å². The van der Waals surface area contributed by atoms with Gasteiger partial charge < -0.3 is 9.97 Å². The Labute approximate surface area is 97.3 Å². The fourth-order valence-electron chi connectivity index (χ4n) is 1.90. The summed E-state index contributed by atoms with van der Waals surface area (Å²) in [5.41, 5.74) is 4.31. The number of hydrogen-bond acceptors (Lipinski definition) is 2. The Morgan fingerprint density at radius 2 is 1.88 bits per heavy atom. The molecule has 2 aromatic heterocycles. The van der Waals surface area contributed by atoms with Gasteiger partial charge in [-0.1, -0.05) is 12.1 Å². The van der Waals surface area contributed by atoms with E-state index in [1.807, 2.05) is 43.3 Å². The van der Waals surface area contributed by atoms with E-state index in [0.29, 0.717) is 0 Å². The van der Waals surface area contributed by atoms with Crippen LogP contribution in [0.3, 0.4) is 0 Å². The largest absolute Gasteiger partial charge is 0.323 e. The lowest BCUT2D eigenvalue weighted by Crippen LogP contribution is -1.99. The number of aromatic amines is 2. The van der Waals surface area contributed by atoms with Crippen LogP contribution in [-0.2, 0) is 0 Å². The monoisotopic (exact) mass is 225 g/mol. The number of benzene rings is 1. The number of nitrogens with one attached hydrogen (secondary N) is 2. The third kappa shape index (κ3) is 1.73. The molecular weight excluding hydrogens is 214 g/mol. The van der Waals surface area contributed by atoms with E-state index in [0.717, 1.165) is 28.0 Å². The molecular formula is C13H11N3O. The van der Waals surface area contributed by atoms with Gasteiger partial charge in [0.2, 0.25) is 0 Å². The maximum Gasteiger partial charge on any atom is 0.323 e. The molecule has 0 aliphatic carbocycles. The Morgan fingerprint density at radius 1 is 1.06 bits per heavy atom. The van der Waals surface area contributed by atoms with Gasteiger partial charge in [0.1, 0.15) is 0 Å². The zero-order valence-electron chi connectivity index (χ0n) is 9.32. The molecule has 1 aromatic carbocycles. The van der Waals surface area contributed by atoms with Gasteiger partial charge >= 0.3 is 5.69 Å². The molecule has 0 atom stereocenters. The van der Waals surface area contributed by atoms with Gasteiger partial charge in [0.15, 0.2) is 0 Å². The van der Waals surface area contributed by atoms with Crippen molar-refractivity contribution in [1.29, 1.82) is 0 Å². The van der Waals surface area contributed by atoms with Gasteiger partial charge in [-0.2, -0.15) is 0 Å². The Bertz CT molecular complexity index is 740. The van der Waals surface area contributed by atoms with Gasteiger partial charge in [-0.05, 0) is 31.2 Å². The van der Waals surface area contributed by atoms with Crippen LogP contribution in [0.2, 0.25) is 0 Å². The first-order valence-electron chi connectivity index (χ1n) is 5.38. The minimum atomic E-state index is -0.186. The van der Waals surface area contributed by atoms with E-state index < -0.39 is 0 Å². The highest BCUT2D eigenvalue weighted by molar-refractivity contribution is 5.80. The van der Waals surface area contributed by atoms with Gasteiger partial charge in [-0.15, -0.1) is 0 Å².